The maximum atomic E-state index is 11.5. The third kappa shape index (κ3) is 9.77. The minimum Gasteiger partial charge on any atom is -0.872 e. The predicted molar refractivity (Wildman–Crippen MR) is 131 cm³/mol. The van der Waals surface area contributed by atoms with Crippen molar-refractivity contribution in [2.75, 3.05) is 0 Å². The molecule has 172 valence electrons. The minimum atomic E-state index is -0.0102. The van der Waals surface area contributed by atoms with Crippen LogP contribution in [0.2, 0.25) is 10.0 Å². The Morgan fingerprint density at radius 2 is 1.00 bits per heavy atom. The molecule has 0 amide bonds. The fourth-order valence-corrected chi connectivity index (χ4v) is 4.43. The number of hydrogen-bond donors (Lipinski definition) is 0. The van der Waals surface area contributed by atoms with Crippen molar-refractivity contribution in [3.8, 4) is 11.5 Å². The summed E-state index contributed by atoms with van der Waals surface area (Å²) < 4.78 is 0. The fourth-order valence-electron chi connectivity index (χ4n) is 4.07. The van der Waals surface area contributed by atoms with Gasteiger partial charge in [0.1, 0.15) is 0 Å². The van der Waals surface area contributed by atoms with Gasteiger partial charge in [-0.15, -0.1) is 0 Å². The summed E-state index contributed by atoms with van der Waals surface area (Å²) in [5, 5.41) is 24.2. The van der Waals surface area contributed by atoms with Crippen LogP contribution in [0.5, 0.6) is 11.5 Å². The molecule has 0 bridgehead atoms. The summed E-state index contributed by atoms with van der Waals surface area (Å²) in [5.74, 6) is -0.0204. The summed E-state index contributed by atoms with van der Waals surface area (Å²) in [7, 11) is 0. The minimum absolute atomic E-state index is 0. The first kappa shape index (κ1) is 27.8. The van der Waals surface area contributed by atoms with Crippen LogP contribution in [0.15, 0.2) is 46.4 Å². The molecule has 2 aliphatic rings. The summed E-state index contributed by atoms with van der Waals surface area (Å²) in [6.07, 6.45) is 15.6. The Morgan fingerprint density at radius 1 is 0.636 bits per heavy atom. The molecule has 0 heterocycles. The standard InChI is InChI=1S/2C13H16ClNO.Zn/c2*14-11-6-7-13(16)10(8-11)9-15-12-4-2-1-3-5-12;/h2*6-9,12,16H,1-5H2;/q;;+2/p-2. The second-order valence-corrected chi connectivity index (χ2v) is 9.38. The monoisotopic (exact) mass is 536 g/mol. The van der Waals surface area contributed by atoms with Gasteiger partial charge >= 0.3 is 19.5 Å². The van der Waals surface area contributed by atoms with E-state index in [0.29, 0.717) is 33.3 Å². The van der Waals surface area contributed by atoms with Crippen molar-refractivity contribution in [1.82, 2.24) is 0 Å². The molecule has 2 aromatic rings. The van der Waals surface area contributed by atoms with Gasteiger partial charge < -0.3 is 10.2 Å². The Morgan fingerprint density at radius 3 is 1.36 bits per heavy atom. The molecule has 2 fully saturated rings. The maximum absolute atomic E-state index is 11.5. The number of aliphatic imine (C=N–C) groups is 2. The molecule has 4 nitrogen and oxygen atoms in total. The van der Waals surface area contributed by atoms with Crippen molar-refractivity contribution in [3.63, 3.8) is 0 Å². The van der Waals surface area contributed by atoms with E-state index in [2.05, 4.69) is 9.98 Å². The number of hydrogen-bond acceptors (Lipinski definition) is 4. The van der Waals surface area contributed by atoms with Gasteiger partial charge in [-0.25, -0.2) is 0 Å². The van der Waals surface area contributed by atoms with Crippen LogP contribution in [-0.4, -0.2) is 24.5 Å². The van der Waals surface area contributed by atoms with Gasteiger partial charge in [0.2, 0.25) is 0 Å². The van der Waals surface area contributed by atoms with Crippen molar-refractivity contribution in [3.05, 3.63) is 57.6 Å². The molecule has 33 heavy (non-hydrogen) atoms. The van der Waals surface area contributed by atoms with Crippen LogP contribution < -0.4 is 10.2 Å². The van der Waals surface area contributed by atoms with E-state index in [1.165, 1.54) is 50.7 Å². The smallest absolute Gasteiger partial charge is 0.872 e. The molecule has 0 aromatic heterocycles. The average Bonchev–Trinajstić information content (AvgIpc) is 2.82. The van der Waals surface area contributed by atoms with Crippen LogP contribution in [0.1, 0.15) is 75.3 Å². The van der Waals surface area contributed by atoms with E-state index in [-0.39, 0.29) is 31.0 Å². The third-order valence-electron chi connectivity index (χ3n) is 5.94. The zero-order valence-electron chi connectivity index (χ0n) is 19.0. The molecule has 2 aliphatic carbocycles. The summed E-state index contributed by atoms with van der Waals surface area (Å²) in [4.78, 5) is 8.94. The second kappa shape index (κ2) is 14.8. The van der Waals surface area contributed by atoms with Crippen LogP contribution in [0.25, 0.3) is 0 Å². The molecule has 0 atom stereocenters. The van der Waals surface area contributed by atoms with E-state index in [1.807, 2.05) is 0 Å². The van der Waals surface area contributed by atoms with E-state index < -0.39 is 0 Å². The van der Waals surface area contributed by atoms with Crippen LogP contribution in [0.4, 0.5) is 0 Å². The summed E-state index contributed by atoms with van der Waals surface area (Å²) in [6.45, 7) is 0. The van der Waals surface area contributed by atoms with Gasteiger partial charge in [-0.1, -0.05) is 85.4 Å². The molecule has 0 saturated heterocycles. The maximum Gasteiger partial charge on any atom is 2.00 e. The zero-order valence-corrected chi connectivity index (χ0v) is 23.5. The molecule has 0 aliphatic heterocycles. The summed E-state index contributed by atoms with van der Waals surface area (Å²) >= 11 is 11.7. The van der Waals surface area contributed by atoms with Crippen molar-refractivity contribution < 1.29 is 29.7 Å². The van der Waals surface area contributed by atoms with Crippen molar-refractivity contribution in [1.29, 1.82) is 0 Å². The van der Waals surface area contributed by atoms with Crippen LogP contribution >= 0.6 is 23.2 Å². The Balaban J connectivity index is 0.000000227. The van der Waals surface area contributed by atoms with Crippen molar-refractivity contribution >= 4 is 35.6 Å². The van der Waals surface area contributed by atoms with Gasteiger partial charge in [-0.05, 0) is 61.1 Å². The molecular formula is C26H30Cl2N2O2Zn. The topological polar surface area (TPSA) is 70.8 Å². The first-order chi connectivity index (χ1) is 15.5. The Labute approximate surface area is 219 Å². The SMILES string of the molecule is [O-]c1ccc(Cl)cc1C=NC1CCCCC1.[O-]c1ccc(Cl)cc1C=NC1CCCCC1.[Zn+2]. The summed E-state index contributed by atoms with van der Waals surface area (Å²) in [6, 6.07) is 10.4. The molecule has 2 saturated carbocycles. The van der Waals surface area contributed by atoms with Gasteiger partial charge in [-0.2, -0.15) is 0 Å². The quantitative estimate of drug-likeness (QED) is 0.337. The van der Waals surface area contributed by atoms with Gasteiger partial charge in [0.25, 0.3) is 0 Å². The summed E-state index contributed by atoms with van der Waals surface area (Å²) in [5.41, 5.74) is 1.19. The second-order valence-electron chi connectivity index (χ2n) is 8.50. The molecule has 0 radical (unpaired) electrons. The molecule has 0 spiro atoms. The van der Waals surface area contributed by atoms with Gasteiger partial charge in [0, 0.05) is 34.6 Å². The van der Waals surface area contributed by atoms with E-state index >= 15 is 0 Å². The third-order valence-corrected chi connectivity index (χ3v) is 6.41. The van der Waals surface area contributed by atoms with Crippen LogP contribution in [-0.2, 0) is 19.5 Å². The number of halogens is 2. The molecular weight excluding hydrogens is 509 g/mol. The van der Waals surface area contributed by atoms with Crippen molar-refractivity contribution in [2.24, 2.45) is 9.98 Å². The Kier molecular flexibility index (Phi) is 12.4. The largest absolute Gasteiger partial charge is 2.00 e. The Bertz CT molecular complexity index is 849. The van der Waals surface area contributed by atoms with Gasteiger partial charge in [0.05, 0.1) is 0 Å². The molecule has 0 N–H and O–H groups in total. The molecule has 7 heteroatoms. The van der Waals surface area contributed by atoms with Gasteiger partial charge in [-0.3, -0.25) is 9.98 Å². The van der Waals surface area contributed by atoms with Crippen molar-refractivity contribution in [2.45, 2.75) is 76.3 Å². The normalized spacial score (nSPS) is 17.5. The molecule has 4 rings (SSSR count). The average molecular weight is 539 g/mol. The number of rotatable bonds is 4. The molecule has 0 unspecified atom stereocenters. The van der Waals surface area contributed by atoms with Gasteiger partial charge in [0.15, 0.2) is 0 Å². The fraction of sp³-hybridized carbons (Fsp3) is 0.462. The van der Waals surface area contributed by atoms with E-state index in [9.17, 15) is 10.2 Å². The predicted octanol–water partition coefficient (Wildman–Crippen LogP) is 6.33. The van der Waals surface area contributed by atoms with Crippen LogP contribution in [0, 0.1) is 0 Å². The first-order valence-electron chi connectivity index (χ1n) is 11.5. The van der Waals surface area contributed by atoms with E-state index in [1.54, 1.807) is 36.7 Å². The van der Waals surface area contributed by atoms with E-state index in [0.717, 1.165) is 25.7 Å². The molecule has 2 aromatic carbocycles. The number of nitrogens with zero attached hydrogens (tertiary/aromatic N) is 2. The van der Waals surface area contributed by atoms with E-state index in [4.69, 9.17) is 23.2 Å². The first-order valence-corrected chi connectivity index (χ1v) is 12.3. The van der Waals surface area contributed by atoms with Crippen LogP contribution in [0.3, 0.4) is 0 Å². The Hall–Kier alpha value is -1.42. The zero-order chi connectivity index (χ0) is 22.8. The number of benzene rings is 2.